The number of piperidine rings is 1. The average Bonchev–Trinajstić information content (AvgIpc) is 2.69. The Morgan fingerprint density at radius 2 is 2.15 bits per heavy atom. The average molecular weight is 317 g/mol. The van der Waals surface area contributed by atoms with Crippen molar-refractivity contribution in [3.63, 3.8) is 0 Å². The van der Waals surface area contributed by atoms with E-state index >= 15 is 0 Å². The Morgan fingerprint density at radius 3 is 2.70 bits per heavy atom. The molecule has 112 valence electrons. The van der Waals surface area contributed by atoms with Crippen LogP contribution in [-0.4, -0.2) is 36.4 Å². The number of carboxylic acid groups (broad SMARTS) is 1. The molecule has 20 heavy (non-hydrogen) atoms. The first-order chi connectivity index (χ1) is 9.32. The number of rotatable bonds is 4. The third kappa shape index (κ3) is 3.05. The molecule has 1 aliphatic rings. The molecule has 1 aliphatic heterocycles. The van der Waals surface area contributed by atoms with E-state index in [1.54, 1.807) is 13.0 Å². The summed E-state index contributed by atoms with van der Waals surface area (Å²) in [5.41, 5.74) is 0. The number of hydrogen-bond donors (Lipinski definition) is 1. The molecule has 0 saturated carbocycles. The molecule has 1 aromatic rings. The summed E-state index contributed by atoms with van der Waals surface area (Å²) in [6.07, 6.45) is 2.16. The third-order valence-corrected chi connectivity index (χ3v) is 6.74. The summed E-state index contributed by atoms with van der Waals surface area (Å²) >= 11 is 1.45. The smallest absolute Gasteiger partial charge is 0.304 e. The summed E-state index contributed by atoms with van der Waals surface area (Å²) in [7, 11) is -3.59. The molecule has 7 heteroatoms. The molecule has 1 N–H and O–H groups in total. The van der Waals surface area contributed by atoms with Crippen LogP contribution in [0.4, 0.5) is 0 Å². The van der Waals surface area contributed by atoms with Gasteiger partial charge in [0.05, 0.1) is 11.3 Å². The summed E-state index contributed by atoms with van der Waals surface area (Å²) in [5.74, 6) is -0.949. The molecule has 0 aliphatic carbocycles. The normalized spacial score (nSPS) is 21.0. The highest BCUT2D eigenvalue weighted by molar-refractivity contribution is 7.89. The lowest BCUT2D eigenvalue weighted by Gasteiger charge is -2.33. The Hall–Kier alpha value is -0.920. The van der Waals surface area contributed by atoms with E-state index < -0.39 is 22.0 Å². The minimum absolute atomic E-state index is 0.124. The summed E-state index contributed by atoms with van der Waals surface area (Å²) in [6, 6.07) is 1.26. The van der Waals surface area contributed by atoms with Crippen LogP contribution in [0.1, 0.15) is 35.4 Å². The first-order valence-electron chi connectivity index (χ1n) is 6.63. The van der Waals surface area contributed by atoms with Crippen molar-refractivity contribution in [3.05, 3.63) is 15.8 Å². The fraction of sp³-hybridized carbons (Fsp3) is 0.615. The molecule has 2 heterocycles. The highest BCUT2D eigenvalue weighted by atomic mass is 32.2. The summed E-state index contributed by atoms with van der Waals surface area (Å²) < 4.78 is 26.9. The lowest BCUT2D eigenvalue weighted by molar-refractivity contribution is -0.138. The SMILES string of the molecule is Cc1cc(S(=O)(=O)N2CCCCC2CC(=O)O)c(C)s1. The lowest BCUT2D eigenvalue weighted by atomic mass is 10.0. The fourth-order valence-corrected chi connectivity index (χ4v) is 5.90. The monoisotopic (exact) mass is 317 g/mol. The second-order valence-corrected chi connectivity index (χ2v) is 8.46. The van der Waals surface area contributed by atoms with Gasteiger partial charge in [0.2, 0.25) is 10.0 Å². The van der Waals surface area contributed by atoms with Gasteiger partial charge in [0.25, 0.3) is 0 Å². The molecule has 0 spiro atoms. The molecule has 1 fully saturated rings. The quantitative estimate of drug-likeness (QED) is 0.925. The van der Waals surface area contributed by atoms with Gasteiger partial charge >= 0.3 is 5.97 Å². The van der Waals surface area contributed by atoms with Gasteiger partial charge in [0.1, 0.15) is 0 Å². The largest absolute Gasteiger partial charge is 0.481 e. The molecular formula is C13H19NO4S2. The Labute approximate surface area is 123 Å². The molecule has 1 saturated heterocycles. The zero-order valence-electron chi connectivity index (χ0n) is 11.6. The zero-order chi connectivity index (χ0) is 14.9. The third-order valence-electron chi connectivity index (χ3n) is 3.57. The van der Waals surface area contributed by atoms with E-state index in [2.05, 4.69) is 0 Å². The minimum atomic E-state index is -3.59. The number of aryl methyl sites for hydroxylation is 2. The lowest BCUT2D eigenvalue weighted by Crippen LogP contribution is -2.44. The molecule has 0 aromatic carbocycles. The molecule has 1 atom stereocenters. The van der Waals surface area contributed by atoms with Crippen LogP contribution in [0, 0.1) is 13.8 Å². The standard InChI is InChI=1S/C13H19NO4S2/c1-9-7-12(10(2)19-9)20(17,18)14-6-4-3-5-11(14)8-13(15)16/h7,11H,3-6,8H2,1-2H3,(H,15,16). The maximum Gasteiger partial charge on any atom is 0.304 e. The molecule has 0 amide bonds. The predicted molar refractivity (Wildman–Crippen MR) is 77.6 cm³/mol. The van der Waals surface area contributed by atoms with Crippen LogP contribution < -0.4 is 0 Å². The first-order valence-corrected chi connectivity index (χ1v) is 8.88. The predicted octanol–water partition coefficient (Wildman–Crippen LogP) is 2.38. The summed E-state index contributed by atoms with van der Waals surface area (Å²) in [5, 5.41) is 8.96. The van der Waals surface area contributed by atoms with Crippen LogP contribution in [0.2, 0.25) is 0 Å². The highest BCUT2D eigenvalue weighted by Gasteiger charge is 2.35. The molecular weight excluding hydrogens is 298 g/mol. The Morgan fingerprint density at radius 1 is 1.45 bits per heavy atom. The van der Waals surface area contributed by atoms with Crippen LogP contribution in [-0.2, 0) is 14.8 Å². The number of thiophene rings is 1. The molecule has 0 radical (unpaired) electrons. The maximum atomic E-state index is 12.8. The first kappa shape index (κ1) is 15.5. The second-order valence-electron chi connectivity index (χ2n) is 5.14. The van der Waals surface area contributed by atoms with Gasteiger partial charge in [-0.05, 0) is 32.8 Å². The maximum absolute atomic E-state index is 12.8. The van der Waals surface area contributed by atoms with Gasteiger partial charge in [-0.25, -0.2) is 8.42 Å². The van der Waals surface area contributed by atoms with Crippen molar-refractivity contribution < 1.29 is 18.3 Å². The van der Waals surface area contributed by atoms with Crippen molar-refractivity contribution in [2.45, 2.75) is 50.5 Å². The van der Waals surface area contributed by atoms with E-state index in [0.717, 1.165) is 22.6 Å². The fourth-order valence-electron chi connectivity index (χ4n) is 2.69. The van der Waals surface area contributed by atoms with Crippen molar-refractivity contribution in [1.82, 2.24) is 4.31 Å². The van der Waals surface area contributed by atoms with E-state index in [-0.39, 0.29) is 6.42 Å². The molecule has 5 nitrogen and oxygen atoms in total. The van der Waals surface area contributed by atoms with Crippen molar-refractivity contribution in [3.8, 4) is 0 Å². The molecule has 0 bridgehead atoms. The van der Waals surface area contributed by atoms with E-state index in [1.165, 1.54) is 15.6 Å². The molecule has 2 rings (SSSR count). The summed E-state index contributed by atoms with van der Waals surface area (Å²) in [6.45, 7) is 4.08. The van der Waals surface area contributed by atoms with Gasteiger partial charge in [-0.3, -0.25) is 4.79 Å². The van der Waals surface area contributed by atoms with E-state index in [1.807, 2.05) is 6.92 Å². The zero-order valence-corrected chi connectivity index (χ0v) is 13.3. The van der Waals surface area contributed by atoms with Crippen LogP contribution in [0.5, 0.6) is 0 Å². The number of hydrogen-bond acceptors (Lipinski definition) is 4. The van der Waals surface area contributed by atoms with E-state index in [9.17, 15) is 13.2 Å². The summed E-state index contributed by atoms with van der Waals surface area (Å²) in [4.78, 5) is 13.0. The van der Waals surface area contributed by atoms with Crippen molar-refractivity contribution >= 4 is 27.3 Å². The van der Waals surface area contributed by atoms with E-state index in [0.29, 0.717) is 17.9 Å². The Balaban J connectivity index is 2.35. The Bertz CT molecular complexity index is 606. The number of carboxylic acids is 1. The minimum Gasteiger partial charge on any atom is -0.481 e. The topological polar surface area (TPSA) is 74.7 Å². The number of sulfonamides is 1. The van der Waals surface area contributed by atoms with Crippen molar-refractivity contribution in [2.75, 3.05) is 6.54 Å². The van der Waals surface area contributed by atoms with Crippen LogP contribution >= 0.6 is 11.3 Å². The van der Waals surface area contributed by atoms with Crippen LogP contribution in [0.25, 0.3) is 0 Å². The Kier molecular flexibility index (Phi) is 4.51. The number of carbonyl (C=O) groups is 1. The van der Waals surface area contributed by atoms with Crippen molar-refractivity contribution in [1.29, 1.82) is 0 Å². The highest BCUT2D eigenvalue weighted by Crippen LogP contribution is 2.32. The molecule has 1 aromatic heterocycles. The van der Waals surface area contributed by atoms with Gasteiger partial charge in [0, 0.05) is 22.3 Å². The van der Waals surface area contributed by atoms with Gasteiger partial charge in [-0.1, -0.05) is 6.42 Å². The van der Waals surface area contributed by atoms with Crippen molar-refractivity contribution in [2.24, 2.45) is 0 Å². The van der Waals surface area contributed by atoms with Crippen LogP contribution in [0.15, 0.2) is 11.0 Å². The van der Waals surface area contributed by atoms with Gasteiger partial charge < -0.3 is 5.11 Å². The van der Waals surface area contributed by atoms with Gasteiger partial charge in [-0.2, -0.15) is 4.31 Å². The molecule has 1 unspecified atom stereocenters. The van der Waals surface area contributed by atoms with E-state index in [4.69, 9.17) is 5.11 Å². The number of nitrogens with zero attached hydrogens (tertiary/aromatic N) is 1. The second kappa shape index (κ2) is 5.83. The number of aliphatic carboxylic acids is 1. The van der Waals surface area contributed by atoms with Crippen LogP contribution in [0.3, 0.4) is 0 Å². The van der Waals surface area contributed by atoms with Gasteiger partial charge in [0.15, 0.2) is 0 Å². The van der Waals surface area contributed by atoms with Gasteiger partial charge in [-0.15, -0.1) is 11.3 Å².